The van der Waals surface area contributed by atoms with Gasteiger partial charge in [0.15, 0.2) is 5.65 Å². The maximum absolute atomic E-state index is 12.8. The summed E-state index contributed by atoms with van der Waals surface area (Å²) in [7, 11) is -0.813. The van der Waals surface area contributed by atoms with Crippen molar-refractivity contribution in [2.75, 3.05) is 23.7 Å². The lowest BCUT2D eigenvalue weighted by atomic mass is 10.0. The fraction of sp³-hybridized carbons (Fsp3) is 0.429. The molecule has 0 aliphatic carbocycles. The summed E-state index contributed by atoms with van der Waals surface area (Å²) in [6.45, 7) is 7.76. The van der Waals surface area contributed by atoms with Gasteiger partial charge in [0.1, 0.15) is 11.9 Å². The van der Waals surface area contributed by atoms with Gasteiger partial charge in [-0.05, 0) is 43.5 Å². The number of nitriles is 1. The molecule has 1 unspecified atom stereocenters. The van der Waals surface area contributed by atoms with Crippen molar-refractivity contribution in [2.45, 2.75) is 38.4 Å². The number of imidazole rings is 1. The zero-order valence-corrected chi connectivity index (χ0v) is 16.8. The average Bonchev–Trinajstić information content (AvgIpc) is 3.07. The number of aromatic nitrogens is 2. The van der Waals surface area contributed by atoms with Crippen molar-refractivity contribution in [3.05, 3.63) is 41.5 Å². The smallest absolute Gasteiger partial charge is 0.157 e. The van der Waals surface area contributed by atoms with Crippen LogP contribution in [0.25, 0.3) is 16.7 Å². The van der Waals surface area contributed by atoms with Gasteiger partial charge >= 0.3 is 0 Å². The molecule has 140 valence electrons. The number of benzene rings is 1. The average molecular weight is 381 g/mol. The monoisotopic (exact) mass is 380 g/mol. The molecule has 27 heavy (non-hydrogen) atoms. The number of pyridine rings is 1. The number of hydrogen-bond donors (Lipinski definition) is 0. The van der Waals surface area contributed by atoms with Gasteiger partial charge in [0.05, 0.1) is 21.3 Å². The fourth-order valence-corrected chi connectivity index (χ4v) is 5.97. The van der Waals surface area contributed by atoms with Crippen LogP contribution < -0.4 is 4.90 Å². The first kappa shape index (κ1) is 18.0. The number of rotatable bonds is 3. The van der Waals surface area contributed by atoms with E-state index in [0.717, 1.165) is 48.3 Å². The lowest BCUT2D eigenvalue weighted by Crippen LogP contribution is -2.53. The molecule has 0 saturated carbocycles. The topological polar surface area (TPSA) is 61.4 Å². The second kappa shape index (κ2) is 6.65. The van der Waals surface area contributed by atoms with Crippen LogP contribution in [0.2, 0.25) is 0 Å². The van der Waals surface area contributed by atoms with E-state index in [0.29, 0.717) is 17.0 Å². The molecule has 5 nitrogen and oxygen atoms in total. The number of aryl methyl sites for hydroxylation is 1. The Bertz CT molecular complexity index is 1090. The summed E-state index contributed by atoms with van der Waals surface area (Å²) >= 11 is 0. The molecule has 1 saturated heterocycles. The van der Waals surface area contributed by atoms with E-state index in [9.17, 15) is 9.47 Å². The van der Waals surface area contributed by atoms with E-state index in [2.05, 4.69) is 35.3 Å². The highest BCUT2D eigenvalue weighted by Gasteiger charge is 2.39. The molecule has 6 heteroatoms. The Balaban J connectivity index is 1.97. The van der Waals surface area contributed by atoms with Crippen molar-refractivity contribution in [1.29, 1.82) is 5.26 Å². The number of anilines is 1. The summed E-state index contributed by atoms with van der Waals surface area (Å²) in [5, 5.41) is 9.68. The quantitative estimate of drug-likeness (QED) is 0.693. The minimum atomic E-state index is -0.813. The van der Waals surface area contributed by atoms with Crippen LogP contribution in [0.3, 0.4) is 0 Å². The first-order valence-corrected chi connectivity index (χ1v) is 10.8. The molecular formula is C21H24N4OS. The van der Waals surface area contributed by atoms with Crippen LogP contribution in [-0.2, 0) is 10.8 Å². The van der Waals surface area contributed by atoms with Crippen molar-refractivity contribution < 1.29 is 4.21 Å². The summed E-state index contributed by atoms with van der Waals surface area (Å²) in [6.07, 6.45) is 1.80. The van der Waals surface area contributed by atoms with E-state index in [1.165, 1.54) is 0 Å². The molecule has 1 atom stereocenters. The van der Waals surface area contributed by atoms with Crippen LogP contribution >= 0.6 is 0 Å². The van der Waals surface area contributed by atoms with Crippen molar-refractivity contribution >= 4 is 33.3 Å². The Morgan fingerprint density at radius 1 is 1.30 bits per heavy atom. The van der Waals surface area contributed by atoms with E-state index >= 15 is 0 Å². The summed E-state index contributed by atoms with van der Waals surface area (Å²) in [4.78, 5) is 7.08. The Morgan fingerprint density at radius 3 is 2.74 bits per heavy atom. The molecule has 0 spiro atoms. The highest BCUT2D eigenvalue weighted by atomic mass is 32.2. The minimum Gasteiger partial charge on any atom is -0.355 e. The first-order valence-electron chi connectivity index (χ1n) is 9.49. The third kappa shape index (κ3) is 2.64. The number of nitrogens with zero attached hydrogens (tertiary/aromatic N) is 4. The Kier molecular flexibility index (Phi) is 4.43. The molecule has 3 heterocycles. The van der Waals surface area contributed by atoms with Crippen molar-refractivity contribution in [2.24, 2.45) is 0 Å². The number of para-hydroxylation sites is 2. The van der Waals surface area contributed by atoms with Crippen LogP contribution in [0, 0.1) is 18.3 Å². The van der Waals surface area contributed by atoms with Gasteiger partial charge in [0.2, 0.25) is 0 Å². The van der Waals surface area contributed by atoms with Gasteiger partial charge in [-0.2, -0.15) is 5.26 Å². The van der Waals surface area contributed by atoms with E-state index in [4.69, 9.17) is 4.98 Å². The van der Waals surface area contributed by atoms with Gasteiger partial charge in [0.25, 0.3) is 0 Å². The standard InChI is InChI=1S/C21H24N4OS/c1-4-21(5-2)14-24(10-11-27(21)26)19-12-15(3)16(13-22)20-23-17-8-6-7-9-18(17)25(19)20/h6-9,12H,4-5,10-11,14H2,1-3H3. The van der Waals surface area contributed by atoms with Crippen LogP contribution in [-0.4, -0.2) is 37.2 Å². The molecule has 1 aromatic carbocycles. The zero-order valence-electron chi connectivity index (χ0n) is 16.0. The molecule has 1 aliphatic heterocycles. The number of fused-ring (bicyclic) bond motifs is 3. The molecular weight excluding hydrogens is 356 g/mol. The Morgan fingerprint density at radius 2 is 2.04 bits per heavy atom. The molecule has 0 radical (unpaired) electrons. The Labute approximate surface area is 162 Å². The van der Waals surface area contributed by atoms with Gasteiger partial charge in [-0.3, -0.25) is 8.61 Å². The SMILES string of the molecule is CCC1(CC)CN(c2cc(C)c(C#N)c3nc4ccccc4n23)CCS1=O. The molecule has 0 bridgehead atoms. The predicted octanol–water partition coefficient (Wildman–Crippen LogP) is 3.80. The van der Waals surface area contributed by atoms with Gasteiger partial charge in [-0.25, -0.2) is 4.98 Å². The predicted molar refractivity (Wildman–Crippen MR) is 111 cm³/mol. The van der Waals surface area contributed by atoms with E-state index in [1.807, 2.05) is 31.2 Å². The van der Waals surface area contributed by atoms with E-state index in [-0.39, 0.29) is 4.75 Å². The van der Waals surface area contributed by atoms with Gasteiger partial charge in [0, 0.05) is 29.6 Å². The molecule has 2 aromatic heterocycles. The van der Waals surface area contributed by atoms with Crippen LogP contribution in [0.1, 0.15) is 37.8 Å². The molecule has 0 N–H and O–H groups in total. The molecule has 4 rings (SSSR count). The van der Waals surface area contributed by atoms with Crippen molar-refractivity contribution in [1.82, 2.24) is 9.38 Å². The largest absolute Gasteiger partial charge is 0.355 e. The summed E-state index contributed by atoms with van der Waals surface area (Å²) in [6, 6.07) is 12.4. The highest BCUT2D eigenvalue weighted by Crippen LogP contribution is 2.34. The maximum Gasteiger partial charge on any atom is 0.157 e. The fourth-order valence-electron chi connectivity index (χ4n) is 4.20. The second-order valence-electron chi connectivity index (χ2n) is 7.29. The maximum atomic E-state index is 12.8. The van der Waals surface area contributed by atoms with Crippen LogP contribution in [0.4, 0.5) is 5.82 Å². The van der Waals surface area contributed by atoms with Gasteiger partial charge < -0.3 is 4.90 Å². The molecule has 1 aliphatic rings. The van der Waals surface area contributed by atoms with Crippen LogP contribution in [0.15, 0.2) is 30.3 Å². The highest BCUT2D eigenvalue weighted by molar-refractivity contribution is 7.86. The molecule has 3 aromatic rings. The number of hydrogen-bond acceptors (Lipinski definition) is 4. The lowest BCUT2D eigenvalue weighted by Gasteiger charge is -2.42. The first-order chi connectivity index (χ1) is 13.0. The zero-order chi connectivity index (χ0) is 19.2. The summed E-state index contributed by atoms with van der Waals surface area (Å²) in [5.74, 6) is 1.72. The van der Waals surface area contributed by atoms with Crippen molar-refractivity contribution in [3.63, 3.8) is 0 Å². The lowest BCUT2D eigenvalue weighted by molar-refractivity contribution is 0.494. The van der Waals surface area contributed by atoms with Gasteiger partial charge in [-0.15, -0.1) is 0 Å². The molecule has 1 fully saturated rings. The van der Waals surface area contributed by atoms with Crippen molar-refractivity contribution in [3.8, 4) is 6.07 Å². The summed E-state index contributed by atoms with van der Waals surface area (Å²) in [5.41, 5.74) is 4.15. The Hall–Kier alpha value is -2.39. The second-order valence-corrected chi connectivity index (χ2v) is 9.26. The minimum absolute atomic E-state index is 0.178. The van der Waals surface area contributed by atoms with Gasteiger partial charge in [-0.1, -0.05) is 26.0 Å². The van der Waals surface area contributed by atoms with E-state index in [1.54, 1.807) is 0 Å². The summed E-state index contributed by atoms with van der Waals surface area (Å²) < 4.78 is 14.7. The van der Waals surface area contributed by atoms with Crippen LogP contribution in [0.5, 0.6) is 0 Å². The third-order valence-corrected chi connectivity index (χ3v) is 8.21. The third-order valence-electron chi connectivity index (χ3n) is 5.99. The van der Waals surface area contributed by atoms with E-state index < -0.39 is 10.8 Å². The normalized spacial score (nSPS) is 19.5. The molecule has 0 amide bonds.